The van der Waals surface area contributed by atoms with Crippen LogP contribution in [0.2, 0.25) is 5.15 Å². The molecule has 0 aliphatic heterocycles. The van der Waals surface area contributed by atoms with Gasteiger partial charge in [0.15, 0.2) is 11.2 Å². The predicted octanol–water partition coefficient (Wildman–Crippen LogP) is 3.99. The van der Waals surface area contributed by atoms with Crippen molar-refractivity contribution in [2.24, 2.45) is 0 Å². The molecule has 0 aliphatic rings. The van der Waals surface area contributed by atoms with Gasteiger partial charge in [-0.3, -0.25) is 4.79 Å². The largest absolute Gasteiger partial charge is 0.346 e. The second kappa shape index (κ2) is 6.34. The second-order valence-corrected chi connectivity index (χ2v) is 6.46. The third kappa shape index (κ3) is 2.96. The first kappa shape index (κ1) is 16.9. The molecule has 0 aromatic carbocycles. The summed E-state index contributed by atoms with van der Waals surface area (Å²) in [5.74, 6) is 0.490. The van der Waals surface area contributed by atoms with Crippen molar-refractivity contribution in [1.82, 2.24) is 24.7 Å². The van der Waals surface area contributed by atoms with Gasteiger partial charge in [0, 0.05) is 29.7 Å². The van der Waals surface area contributed by atoms with E-state index in [2.05, 4.69) is 24.9 Å². The monoisotopic (exact) mass is 376 g/mol. The van der Waals surface area contributed by atoms with Crippen LogP contribution in [0.1, 0.15) is 11.4 Å². The number of aromatic amines is 1. The zero-order valence-corrected chi connectivity index (χ0v) is 15.2. The van der Waals surface area contributed by atoms with Crippen molar-refractivity contribution < 1.29 is 0 Å². The van der Waals surface area contributed by atoms with E-state index in [9.17, 15) is 4.79 Å². The fourth-order valence-corrected chi connectivity index (χ4v) is 3.18. The average Bonchev–Trinajstić information content (AvgIpc) is 3.01. The third-order valence-electron chi connectivity index (χ3n) is 4.17. The number of fused-ring (bicyclic) bond motifs is 1. The lowest BCUT2D eigenvalue weighted by molar-refractivity contribution is 0.837. The maximum absolute atomic E-state index is 12.3. The van der Waals surface area contributed by atoms with E-state index < -0.39 is 0 Å². The van der Waals surface area contributed by atoms with E-state index in [-0.39, 0.29) is 5.43 Å². The Kier molecular flexibility index (Phi) is 3.98. The van der Waals surface area contributed by atoms with Crippen molar-refractivity contribution in [2.45, 2.75) is 13.8 Å². The van der Waals surface area contributed by atoms with Crippen LogP contribution < -0.4 is 5.43 Å². The van der Waals surface area contributed by atoms with Crippen molar-refractivity contribution in [3.8, 4) is 16.9 Å². The molecule has 0 radical (unpaired) electrons. The van der Waals surface area contributed by atoms with Gasteiger partial charge >= 0.3 is 0 Å². The molecule has 0 saturated carbocycles. The quantitative estimate of drug-likeness (QED) is 0.423. The molecule has 27 heavy (non-hydrogen) atoms. The molecule has 4 heterocycles. The molecule has 4 aromatic heterocycles. The molecule has 4 aromatic rings. The fourth-order valence-electron chi connectivity index (χ4n) is 2.93. The van der Waals surface area contributed by atoms with Crippen LogP contribution >= 0.6 is 11.6 Å². The highest BCUT2D eigenvalue weighted by atomic mass is 35.5. The Morgan fingerprint density at radius 2 is 2.04 bits per heavy atom. The minimum Gasteiger partial charge on any atom is -0.346 e. The van der Waals surface area contributed by atoms with Gasteiger partial charge in [0.25, 0.3) is 0 Å². The summed E-state index contributed by atoms with van der Waals surface area (Å²) in [6, 6.07) is 6.79. The summed E-state index contributed by atoms with van der Waals surface area (Å²) >= 11 is 6.14. The minimum atomic E-state index is -0.139. The zero-order chi connectivity index (χ0) is 19.1. The number of H-pyrrole nitrogens is 1. The summed E-state index contributed by atoms with van der Waals surface area (Å²) in [5, 5.41) is 5.21. The number of aryl methyl sites for hydroxylation is 2. The van der Waals surface area contributed by atoms with Gasteiger partial charge in [-0.15, -0.1) is 0 Å². The van der Waals surface area contributed by atoms with Crippen molar-refractivity contribution in [1.29, 1.82) is 0 Å². The van der Waals surface area contributed by atoms with Crippen molar-refractivity contribution >= 4 is 28.3 Å². The van der Waals surface area contributed by atoms with Crippen molar-refractivity contribution in [3.63, 3.8) is 0 Å². The molecule has 132 valence electrons. The molecule has 0 fully saturated rings. The van der Waals surface area contributed by atoms with E-state index in [0.29, 0.717) is 38.9 Å². The van der Waals surface area contributed by atoms with Gasteiger partial charge in [-0.2, -0.15) is 5.10 Å². The lowest BCUT2D eigenvalue weighted by Gasteiger charge is -2.12. The Hall–Kier alpha value is -3.50. The number of rotatable bonds is 2. The fraction of sp³-hybridized carbons (Fsp3) is 0.105. The molecule has 0 aliphatic carbocycles. The Morgan fingerprint density at radius 3 is 2.74 bits per heavy atom. The maximum atomic E-state index is 12.3. The van der Waals surface area contributed by atoms with Gasteiger partial charge in [-0.1, -0.05) is 11.6 Å². The smallest absolute Gasteiger partial charge is 0.227 e. The third-order valence-corrected chi connectivity index (χ3v) is 4.36. The van der Waals surface area contributed by atoms with Crippen LogP contribution in [-0.2, 0) is 0 Å². The number of nitrogens with one attached hydrogen (secondary N) is 1. The van der Waals surface area contributed by atoms with Gasteiger partial charge in [-0.05, 0) is 37.6 Å². The summed E-state index contributed by atoms with van der Waals surface area (Å²) in [6.07, 6.45) is 3.17. The van der Waals surface area contributed by atoms with Gasteiger partial charge in [-0.25, -0.2) is 19.5 Å². The summed E-state index contributed by atoms with van der Waals surface area (Å²) in [5.41, 5.74) is 3.51. The molecule has 1 N–H and O–H groups in total. The summed E-state index contributed by atoms with van der Waals surface area (Å²) < 4.78 is 1.55. The van der Waals surface area contributed by atoms with Crippen LogP contribution in [0.3, 0.4) is 0 Å². The molecule has 0 saturated heterocycles. The van der Waals surface area contributed by atoms with Crippen LogP contribution in [0.25, 0.3) is 32.8 Å². The van der Waals surface area contributed by atoms with Crippen LogP contribution in [0.4, 0.5) is 5.69 Å². The molecule has 7 nitrogen and oxygen atoms in total. The number of halogens is 1. The Bertz CT molecular complexity index is 1280. The van der Waals surface area contributed by atoms with Crippen LogP contribution in [0.5, 0.6) is 0 Å². The first-order chi connectivity index (χ1) is 13.0. The topological polar surface area (TPSA) is 80.8 Å². The highest BCUT2D eigenvalue weighted by molar-refractivity contribution is 6.29. The first-order valence-electron chi connectivity index (χ1n) is 8.07. The number of pyridine rings is 3. The van der Waals surface area contributed by atoms with Gasteiger partial charge < -0.3 is 4.98 Å². The van der Waals surface area contributed by atoms with E-state index in [1.165, 1.54) is 6.07 Å². The maximum Gasteiger partial charge on any atom is 0.227 e. The molecule has 8 heteroatoms. The molecular formula is C19H13ClN6O. The van der Waals surface area contributed by atoms with E-state index in [1.54, 1.807) is 36.1 Å². The number of aromatic nitrogens is 5. The highest BCUT2D eigenvalue weighted by Gasteiger charge is 2.16. The number of nitrogens with zero attached hydrogens (tertiary/aromatic N) is 5. The molecule has 0 bridgehead atoms. The Morgan fingerprint density at radius 1 is 1.22 bits per heavy atom. The molecule has 0 spiro atoms. The number of hydrogen-bond acceptors (Lipinski definition) is 4. The summed E-state index contributed by atoms with van der Waals surface area (Å²) in [7, 11) is 0. The zero-order valence-electron chi connectivity index (χ0n) is 14.5. The summed E-state index contributed by atoms with van der Waals surface area (Å²) in [4.78, 5) is 27.5. The van der Waals surface area contributed by atoms with Crippen molar-refractivity contribution in [3.05, 3.63) is 74.8 Å². The molecule has 0 amide bonds. The van der Waals surface area contributed by atoms with E-state index >= 15 is 0 Å². The average molecular weight is 377 g/mol. The Labute approximate surface area is 159 Å². The first-order valence-corrected chi connectivity index (χ1v) is 8.45. The van der Waals surface area contributed by atoms with E-state index in [1.807, 2.05) is 13.0 Å². The molecule has 0 atom stereocenters. The lowest BCUT2D eigenvalue weighted by Crippen LogP contribution is -2.07. The van der Waals surface area contributed by atoms with E-state index in [0.717, 1.165) is 11.3 Å². The molecule has 4 rings (SSSR count). The van der Waals surface area contributed by atoms with Crippen LogP contribution in [-0.4, -0.2) is 24.7 Å². The van der Waals surface area contributed by atoms with Crippen LogP contribution in [0, 0.1) is 20.4 Å². The van der Waals surface area contributed by atoms with Crippen molar-refractivity contribution in [2.75, 3.05) is 0 Å². The summed E-state index contributed by atoms with van der Waals surface area (Å²) in [6.45, 7) is 10.9. The lowest BCUT2D eigenvalue weighted by atomic mass is 10.1. The molecule has 0 unspecified atom stereocenters. The minimum absolute atomic E-state index is 0.139. The SMILES string of the molecule is [C-]#[N+]c1cn(-c2nc3[nH]ccc(=O)c3cc2-c2cc(C)nc(Cl)c2)nc1C. The molecular weight excluding hydrogens is 364 g/mol. The number of hydrogen-bond donors (Lipinski definition) is 1. The van der Waals surface area contributed by atoms with E-state index in [4.69, 9.17) is 18.2 Å². The normalized spacial score (nSPS) is 10.9. The standard InChI is InChI=1S/C19H13ClN6O/c1-10-6-12(7-17(20)23-10)13-8-14-16(27)4-5-22-18(14)24-19(13)26-9-15(21-3)11(2)25-26/h4-9H,1-2H3,(H,22,24,27). The second-order valence-electron chi connectivity index (χ2n) is 6.07. The highest BCUT2D eigenvalue weighted by Crippen LogP contribution is 2.30. The predicted molar refractivity (Wildman–Crippen MR) is 103 cm³/mol. The Balaban J connectivity index is 2.09. The van der Waals surface area contributed by atoms with Gasteiger partial charge in [0.1, 0.15) is 10.8 Å². The van der Waals surface area contributed by atoms with Gasteiger partial charge in [0.05, 0.1) is 17.7 Å². The van der Waals surface area contributed by atoms with Gasteiger partial charge in [0.2, 0.25) is 5.69 Å². The van der Waals surface area contributed by atoms with Crippen LogP contribution in [0.15, 0.2) is 41.5 Å².